The van der Waals surface area contributed by atoms with Crippen LogP contribution < -0.4 is 19.5 Å². The maximum atomic E-state index is 17.6. The number of alkyl halides is 3. The molecular formula is C41H52F3N5O9S. The van der Waals surface area contributed by atoms with Gasteiger partial charge >= 0.3 is 12.0 Å². The van der Waals surface area contributed by atoms with Crippen molar-refractivity contribution in [1.82, 2.24) is 24.8 Å². The van der Waals surface area contributed by atoms with Crippen molar-refractivity contribution in [2.45, 2.75) is 126 Å². The van der Waals surface area contributed by atoms with E-state index in [1.54, 1.807) is 57.2 Å². The number of carbonyl (C=O) groups is 4. The van der Waals surface area contributed by atoms with Gasteiger partial charge in [-0.25, -0.2) is 17.6 Å². The first-order chi connectivity index (χ1) is 27.7. The van der Waals surface area contributed by atoms with Crippen molar-refractivity contribution >= 4 is 44.6 Å². The molecule has 0 unspecified atom stereocenters. The Morgan fingerprint density at radius 2 is 1.86 bits per heavy atom. The Kier molecular flexibility index (Phi) is 10.9. The third kappa shape index (κ3) is 7.26. The van der Waals surface area contributed by atoms with Crippen LogP contribution in [-0.4, -0.2) is 112 Å². The standard InChI is InChI=1S/C41H52F3N5O9S/c1-23(2)49(37(53)54)30-25(4)19-24(3)11-6-7-12-26-20-40(26,36(52)47-59(55,56)39(21-42)16-17-39)46-32(50)31-41(43,44)38(5,22-48(31)35(30)51)58-34-29-14-9-8-13-27(29)28-15-10-18-57-33(28)45-34/h7-9,12-14,23-26,30-31H,6,10-11,15-22H2,1-5H3,(H,46,50)(H,47,52)(H,53,54)/b12-7-/t24-,25+,26+,30-,31-,38+,40+/m0/s1. The van der Waals surface area contributed by atoms with Crippen LogP contribution in [0.1, 0.15) is 85.1 Å². The van der Waals surface area contributed by atoms with Gasteiger partial charge in [0.25, 0.3) is 5.91 Å². The topological polar surface area (TPSA) is 185 Å². The van der Waals surface area contributed by atoms with Gasteiger partial charge in [0.2, 0.25) is 33.6 Å². The lowest BCUT2D eigenvalue weighted by atomic mass is 9.86. The number of sulfonamides is 1. The number of fused-ring (bicyclic) bond motifs is 5. The summed E-state index contributed by atoms with van der Waals surface area (Å²) in [6, 6.07) is 1.92. The summed E-state index contributed by atoms with van der Waals surface area (Å²) in [5.41, 5.74) is -3.95. The number of nitrogens with zero attached hydrogens (tertiary/aromatic N) is 3. The number of nitrogens with one attached hydrogen (secondary N) is 2. The van der Waals surface area contributed by atoms with Gasteiger partial charge in [-0.3, -0.25) is 24.0 Å². The average molecular weight is 848 g/mol. The fourth-order valence-corrected chi connectivity index (χ4v) is 10.6. The maximum Gasteiger partial charge on any atom is 0.408 e. The number of rotatable bonds is 8. The van der Waals surface area contributed by atoms with E-state index in [-0.39, 0.29) is 36.9 Å². The summed E-state index contributed by atoms with van der Waals surface area (Å²) in [5.74, 6) is -9.67. The number of halogens is 3. The van der Waals surface area contributed by atoms with Crippen LogP contribution in [0.5, 0.6) is 11.8 Å². The predicted octanol–water partition coefficient (Wildman–Crippen LogP) is 5.14. The second-order valence-electron chi connectivity index (χ2n) is 17.6. The van der Waals surface area contributed by atoms with E-state index < -0.39 is 98.8 Å². The summed E-state index contributed by atoms with van der Waals surface area (Å²) in [6.45, 7) is 5.93. The Morgan fingerprint density at radius 1 is 1.17 bits per heavy atom. The normalized spacial score (nSPS) is 31.9. The van der Waals surface area contributed by atoms with Crippen LogP contribution in [0, 0.1) is 17.8 Å². The zero-order chi connectivity index (χ0) is 42.9. The van der Waals surface area contributed by atoms with Gasteiger partial charge in [-0.2, -0.15) is 13.8 Å². The summed E-state index contributed by atoms with van der Waals surface area (Å²) in [4.78, 5) is 62.6. The molecule has 4 amide bonds. The fraction of sp³-hybridized carbons (Fsp3) is 0.634. The van der Waals surface area contributed by atoms with Crippen molar-refractivity contribution in [3.8, 4) is 11.8 Å². The predicted molar refractivity (Wildman–Crippen MR) is 209 cm³/mol. The molecule has 59 heavy (non-hydrogen) atoms. The molecule has 1 aromatic heterocycles. The molecule has 14 nitrogen and oxygen atoms in total. The van der Waals surface area contributed by atoms with Gasteiger partial charge in [-0.15, -0.1) is 0 Å². The zero-order valence-corrected chi connectivity index (χ0v) is 34.6. The van der Waals surface area contributed by atoms with Crippen LogP contribution in [0.25, 0.3) is 10.8 Å². The lowest BCUT2D eigenvalue weighted by molar-refractivity contribution is -0.163. The minimum absolute atomic E-state index is 0.0270. The molecule has 3 fully saturated rings. The highest BCUT2D eigenvalue weighted by Gasteiger charge is 2.72. The minimum Gasteiger partial charge on any atom is -0.477 e. The molecule has 2 aromatic rings. The van der Waals surface area contributed by atoms with Crippen molar-refractivity contribution in [1.29, 1.82) is 0 Å². The van der Waals surface area contributed by atoms with Gasteiger partial charge < -0.3 is 24.8 Å². The molecule has 18 heteroatoms. The largest absolute Gasteiger partial charge is 0.477 e. The number of aryl methyl sites for hydroxylation is 1. The third-order valence-corrected chi connectivity index (χ3v) is 15.0. The number of pyridine rings is 1. The smallest absolute Gasteiger partial charge is 0.408 e. The lowest BCUT2D eigenvalue weighted by Gasteiger charge is -2.39. The average Bonchev–Trinajstić information content (AvgIpc) is 4.09. The van der Waals surface area contributed by atoms with Crippen LogP contribution in [-0.2, 0) is 30.8 Å². The summed E-state index contributed by atoms with van der Waals surface area (Å²) in [7, 11) is -4.58. The number of carbonyl (C=O) groups excluding carboxylic acids is 3. The number of aromatic nitrogens is 1. The minimum atomic E-state index is -4.58. The number of hydrogen-bond donors (Lipinski definition) is 3. The van der Waals surface area contributed by atoms with Crippen molar-refractivity contribution in [3.05, 3.63) is 42.0 Å². The second kappa shape index (κ2) is 15.1. The van der Waals surface area contributed by atoms with Crippen LogP contribution in [0.4, 0.5) is 18.0 Å². The van der Waals surface area contributed by atoms with Crippen LogP contribution in [0.3, 0.4) is 0 Å². The molecule has 7 rings (SSSR count). The first-order valence-corrected chi connectivity index (χ1v) is 21.8. The summed E-state index contributed by atoms with van der Waals surface area (Å²) in [5, 5.41) is 13.9. The van der Waals surface area contributed by atoms with Gasteiger partial charge in [0, 0.05) is 22.9 Å². The number of amides is 4. The highest BCUT2D eigenvalue weighted by atomic mass is 32.2. The monoisotopic (exact) mass is 847 g/mol. The molecule has 322 valence electrons. The van der Waals surface area contributed by atoms with E-state index in [2.05, 4.69) is 10.3 Å². The Morgan fingerprint density at radius 3 is 2.51 bits per heavy atom. The number of hydrogen-bond acceptors (Lipinski definition) is 9. The van der Waals surface area contributed by atoms with Crippen molar-refractivity contribution in [3.63, 3.8) is 0 Å². The molecular weight excluding hydrogens is 796 g/mol. The lowest BCUT2D eigenvalue weighted by Crippen LogP contribution is -2.63. The molecule has 1 aromatic carbocycles. The van der Waals surface area contributed by atoms with E-state index in [0.717, 1.165) is 17.4 Å². The fourth-order valence-electron chi connectivity index (χ4n) is 9.15. The van der Waals surface area contributed by atoms with Gasteiger partial charge in [0.1, 0.15) is 23.0 Å². The summed E-state index contributed by atoms with van der Waals surface area (Å²) >= 11 is 0. The highest BCUT2D eigenvalue weighted by molar-refractivity contribution is 7.91. The van der Waals surface area contributed by atoms with Gasteiger partial charge in [-0.05, 0) is 95.4 Å². The van der Waals surface area contributed by atoms with Crippen molar-refractivity contribution < 1.29 is 55.3 Å². The Labute approximate surface area is 341 Å². The maximum absolute atomic E-state index is 17.6. The molecule has 2 saturated carbocycles. The molecule has 3 N–H and O–H groups in total. The van der Waals surface area contributed by atoms with E-state index in [4.69, 9.17) is 9.47 Å². The van der Waals surface area contributed by atoms with Crippen LogP contribution in [0.15, 0.2) is 36.4 Å². The summed E-state index contributed by atoms with van der Waals surface area (Å²) in [6.07, 6.45) is 4.40. The van der Waals surface area contributed by atoms with Crippen molar-refractivity contribution in [2.24, 2.45) is 17.8 Å². The molecule has 0 spiro atoms. The molecule has 7 atom stereocenters. The zero-order valence-electron chi connectivity index (χ0n) is 33.8. The third-order valence-electron chi connectivity index (χ3n) is 12.9. The number of ether oxygens (including phenoxy) is 2. The van der Waals surface area contributed by atoms with Gasteiger partial charge in [0.05, 0.1) is 13.2 Å². The number of allylic oxidation sites excluding steroid dienone is 1. The molecule has 4 heterocycles. The molecule has 1 saturated heterocycles. The van der Waals surface area contributed by atoms with Crippen LogP contribution in [0.2, 0.25) is 0 Å². The van der Waals surface area contributed by atoms with E-state index in [1.165, 1.54) is 0 Å². The molecule has 0 radical (unpaired) electrons. The Bertz CT molecular complexity index is 2190. The second-order valence-corrected chi connectivity index (χ2v) is 19.7. The highest BCUT2D eigenvalue weighted by Crippen LogP contribution is 2.51. The number of carboxylic acid groups (broad SMARTS) is 1. The van der Waals surface area contributed by atoms with E-state index >= 15 is 13.6 Å². The van der Waals surface area contributed by atoms with E-state index in [1.807, 2.05) is 11.6 Å². The van der Waals surface area contributed by atoms with Crippen molar-refractivity contribution in [2.75, 3.05) is 19.8 Å². The summed E-state index contributed by atoms with van der Waals surface area (Å²) < 4.78 is 87.8. The van der Waals surface area contributed by atoms with Gasteiger partial charge in [0.15, 0.2) is 11.6 Å². The Balaban J connectivity index is 1.34. The quantitative estimate of drug-likeness (QED) is 0.301. The SMILES string of the molecule is CC(C)N(C(=O)O)[C@@H]1C(=O)N2C[C@@](C)(Oc3nc4c(c5ccccc35)CCCO4)C(F)(F)[C@@H]2C(=O)N[C@]2(C(=O)NS(=O)(=O)C3(CF)CC3)C[C@H]2/C=C\CC[C@H](C)C[C@H]1C. The first-order valence-electron chi connectivity index (χ1n) is 20.3. The van der Waals surface area contributed by atoms with E-state index in [9.17, 15) is 32.3 Å². The first kappa shape index (κ1) is 42.5. The molecule has 0 bridgehead atoms. The number of benzene rings is 1. The van der Waals surface area contributed by atoms with Crippen LogP contribution >= 0.6 is 0 Å². The van der Waals surface area contributed by atoms with E-state index in [0.29, 0.717) is 54.4 Å². The van der Waals surface area contributed by atoms with Gasteiger partial charge in [-0.1, -0.05) is 44.2 Å². The molecule has 2 aliphatic carbocycles. The molecule has 5 aliphatic rings. The Hall–Kier alpha value is -4.61. The molecule has 3 aliphatic heterocycles.